The highest BCUT2D eigenvalue weighted by molar-refractivity contribution is 5.97. The lowest BCUT2D eigenvalue weighted by atomic mass is 10.0. The molecular weight excluding hydrogens is 330 g/mol. The van der Waals surface area contributed by atoms with Crippen molar-refractivity contribution >= 4 is 11.7 Å². The van der Waals surface area contributed by atoms with Gasteiger partial charge in [-0.3, -0.25) is 4.79 Å². The highest BCUT2D eigenvalue weighted by Crippen LogP contribution is 2.16. The molecule has 0 aliphatic rings. The minimum absolute atomic E-state index is 0.117. The Bertz CT molecular complexity index is 785. The molecule has 2 rings (SSSR count). The van der Waals surface area contributed by atoms with Gasteiger partial charge in [0.05, 0.1) is 13.2 Å². The number of nitrogens with two attached hydrogens (primary N) is 1. The highest BCUT2D eigenvalue weighted by Gasteiger charge is 2.11. The molecule has 0 saturated carbocycles. The summed E-state index contributed by atoms with van der Waals surface area (Å²) in [6, 6.07) is 13.1. The van der Waals surface area contributed by atoms with Crippen LogP contribution in [0.3, 0.4) is 0 Å². The summed E-state index contributed by atoms with van der Waals surface area (Å²) in [6.07, 6.45) is 0. The largest absolute Gasteiger partial charge is 0.497 e. The second kappa shape index (κ2) is 8.89. The number of amides is 1. The van der Waals surface area contributed by atoms with Gasteiger partial charge in [-0.15, -0.1) is 0 Å². The van der Waals surface area contributed by atoms with E-state index in [4.69, 9.17) is 15.3 Å². The molecule has 6 nitrogen and oxygen atoms in total. The van der Waals surface area contributed by atoms with Crippen molar-refractivity contribution in [3.63, 3.8) is 0 Å². The fourth-order valence-corrected chi connectivity index (χ4v) is 2.38. The van der Waals surface area contributed by atoms with Gasteiger partial charge in [0.15, 0.2) is 12.4 Å². The van der Waals surface area contributed by atoms with Crippen molar-refractivity contribution in [1.82, 2.24) is 5.32 Å². The minimum atomic E-state index is -0.262. The van der Waals surface area contributed by atoms with Crippen molar-refractivity contribution in [3.05, 3.63) is 64.7 Å². The number of rotatable bonds is 7. The van der Waals surface area contributed by atoms with E-state index in [9.17, 15) is 4.79 Å². The van der Waals surface area contributed by atoms with E-state index < -0.39 is 0 Å². The van der Waals surface area contributed by atoms with Crippen LogP contribution in [0, 0.1) is 13.8 Å². The van der Waals surface area contributed by atoms with Crippen molar-refractivity contribution in [2.24, 2.45) is 10.9 Å². The Kier molecular flexibility index (Phi) is 6.60. The number of oxime groups is 1. The average molecular weight is 355 g/mol. The summed E-state index contributed by atoms with van der Waals surface area (Å²) in [5.74, 6) is 0.659. The molecule has 1 amide bonds. The molecule has 1 unspecified atom stereocenters. The average Bonchev–Trinajstić information content (AvgIpc) is 2.63. The molecule has 26 heavy (non-hydrogen) atoms. The van der Waals surface area contributed by atoms with E-state index in [2.05, 4.69) is 23.5 Å². The number of ether oxygens (including phenoxy) is 1. The first-order valence-corrected chi connectivity index (χ1v) is 8.37. The SMILES string of the molecule is COc1ccc(/C(N)=N/OCC(=O)NC(C)c2ccc(C)c(C)c2)cc1. The third kappa shape index (κ3) is 5.24. The minimum Gasteiger partial charge on any atom is -0.497 e. The lowest BCUT2D eigenvalue weighted by molar-refractivity contribution is -0.126. The normalized spacial score (nSPS) is 12.4. The molecule has 0 aliphatic heterocycles. The van der Waals surface area contributed by atoms with E-state index in [-0.39, 0.29) is 24.4 Å². The Balaban J connectivity index is 1.86. The Labute approximate surface area is 154 Å². The van der Waals surface area contributed by atoms with Crippen LogP contribution in [-0.2, 0) is 9.63 Å². The van der Waals surface area contributed by atoms with Crippen LogP contribution < -0.4 is 15.8 Å². The summed E-state index contributed by atoms with van der Waals surface area (Å²) in [7, 11) is 1.59. The quantitative estimate of drug-likeness (QED) is 0.454. The molecule has 2 aromatic carbocycles. The molecule has 0 aliphatic carbocycles. The fourth-order valence-electron chi connectivity index (χ4n) is 2.38. The first kappa shape index (κ1) is 19.3. The molecule has 138 valence electrons. The van der Waals surface area contributed by atoms with Gasteiger partial charge in [0.1, 0.15) is 5.75 Å². The monoisotopic (exact) mass is 355 g/mol. The molecule has 0 spiro atoms. The third-order valence-electron chi connectivity index (χ3n) is 4.15. The predicted octanol–water partition coefficient (Wildman–Crippen LogP) is 2.83. The second-order valence-electron chi connectivity index (χ2n) is 6.11. The zero-order valence-corrected chi connectivity index (χ0v) is 15.6. The Morgan fingerprint density at radius 1 is 1.15 bits per heavy atom. The van der Waals surface area contributed by atoms with Crippen LogP contribution in [-0.4, -0.2) is 25.5 Å². The van der Waals surface area contributed by atoms with Crippen LogP contribution in [0.1, 0.15) is 35.2 Å². The van der Waals surface area contributed by atoms with Gasteiger partial charge >= 0.3 is 0 Å². The van der Waals surface area contributed by atoms with Crippen LogP contribution in [0.5, 0.6) is 5.75 Å². The number of hydrogen-bond donors (Lipinski definition) is 2. The predicted molar refractivity (Wildman–Crippen MR) is 102 cm³/mol. The number of nitrogens with one attached hydrogen (secondary N) is 1. The number of methoxy groups -OCH3 is 1. The van der Waals surface area contributed by atoms with E-state index in [1.54, 1.807) is 31.4 Å². The molecule has 1 atom stereocenters. The van der Waals surface area contributed by atoms with E-state index in [1.165, 1.54) is 11.1 Å². The van der Waals surface area contributed by atoms with Crippen molar-refractivity contribution in [1.29, 1.82) is 0 Å². The number of benzene rings is 2. The number of carbonyl (C=O) groups excluding carboxylic acids is 1. The molecule has 6 heteroatoms. The maximum absolute atomic E-state index is 12.0. The molecule has 0 bridgehead atoms. The van der Waals surface area contributed by atoms with Crippen molar-refractivity contribution in [3.8, 4) is 5.75 Å². The number of nitrogens with zero attached hydrogens (tertiary/aromatic N) is 1. The molecule has 2 aromatic rings. The molecule has 3 N–H and O–H groups in total. The van der Waals surface area contributed by atoms with Gasteiger partial charge in [-0.05, 0) is 61.7 Å². The van der Waals surface area contributed by atoms with Crippen LogP contribution in [0.15, 0.2) is 47.6 Å². The molecule has 0 heterocycles. The van der Waals surface area contributed by atoms with Gasteiger partial charge in [-0.25, -0.2) is 0 Å². The highest BCUT2D eigenvalue weighted by atomic mass is 16.6. The third-order valence-corrected chi connectivity index (χ3v) is 4.15. The van der Waals surface area contributed by atoms with E-state index in [0.717, 1.165) is 11.3 Å². The van der Waals surface area contributed by atoms with Gasteiger partial charge in [-0.2, -0.15) is 0 Å². The van der Waals surface area contributed by atoms with Gasteiger partial charge < -0.3 is 20.6 Å². The van der Waals surface area contributed by atoms with E-state index >= 15 is 0 Å². The molecule has 0 fully saturated rings. The Morgan fingerprint density at radius 2 is 1.85 bits per heavy atom. The summed E-state index contributed by atoms with van der Waals surface area (Å²) >= 11 is 0. The standard InChI is InChI=1S/C20H25N3O3/c1-13-5-6-17(11-14(13)2)15(3)22-19(24)12-26-23-20(21)16-7-9-18(25-4)10-8-16/h5-11,15H,12H2,1-4H3,(H2,21,23)(H,22,24). The van der Waals surface area contributed by atoms with Crippen LogP contribution >= 0.6 is 0 Å². The topological polar surface area (TPSA) is 85.9 Å². The first-order chi connectivity index (χ1) is 12.4. The molecule has 0 aromatic heterocycles. The second-order valence-corrected chi connectivity index (χ2v) is 6.11. The summed E-state index contributed by atoms with van der Waals surface area (Å²) in [6.45, 7) is 5.83. The van der Waals surface area contributed by atoms with Gasteiger partial charge in [0, 0.05) is 5.56 Å². The van der Waals surface area contributed by atoms with Crippen LogP contribution in [0.4, 0.5) is 0 Å². The fraction of sp³-hybridized carbons (Fsp3) is 0.300. The lowest BCUT2D eigenvalue weighted by Crippen LogP contribution is -2.30. The van der Waals surface area contributed by atoms with E-state index in [1.807, 2.05) is 26.0 Å². The van der Waals surface area contributed by atoms with Crippen molar-refractivity contribution < 1.29 is 14.4 Å². The van der Waals surface area contributed by atoms with Crippen molar-refractivity contribution in [2.45, 2.75) is 26.8 Å². The summed E-state index contributed by atoms with van der Waals surface area (Å²) in [5, 5.41) is 6.67. The summed E-state index contributed by atoms with van der Waals surface area (Å²) < 4.78 is 5.08. The molecule has 0 saturated heterocycles. The maximum atomic E-state index is 12.0. The van der Waals surface area contributed by atoms with Crippen LogP contribution in [0.25, 0.3) is 0 Å². The number of carbonyl (C=O) groups is 1. The molecule has 0 radical (unpaired) electrons. The lowest BCUT2D eigenvalue weighted by Gasteiger charge is -2.15. The summed E-state index contributed by atoms with van der Waals surface area (Å²) in [5.41, 5.74) is 9.99. The Morgan fingerprint density at radius 3 is 2.46 bits per heavy atom. The number of amidine groups is 1. The smallest absolute Gasteiger partial charge is 0.261 e. The molecular formula is C20H25N3O3. The maximum Gasteiger partial charge on any atom is 0.261 e. The van der Waals surface area contributed by atoms with Gasteiger partial charge in [0.2, 0.25) is 0 Å². The Hall–Kier alpha value is -3.02. The van der Waals surface area contributed by atoms with E-state index in [0.29, 0.717) is 5.56 Å². The zero-order chi connectivity index (χ0) is 19.1. The first-order valence-electron chi connectivity index (χ1n) is 8.37. The van der Waals surface area contributed by atoms with Gasteiger partial charge in [-0.1, -0.05) is 23.4 Å². The number of aryl methyl sites for hydroxylation is 2. The van der Waals surface area contributed by atoms with Gasteiger partial charge in [0.25, 0.3) is 5.91 Å². The summed E-state index contributed by atoms with van der Waals surface area (Å²) in [4.78, 5) is 17.1. The van der Waals surface area contributed by atoms with Crippen molar-refractivity contribution in [2.75, 3.05) is 13.7 Å². The zero-order valence-electron chi connectivity index (χ0n) is 15.6. The number of hydrogen-bond acceptors (Lipinski definition) is 4. The van der Waals surface area contributed by atoms with Crippen LogP contribution in [0.2, 0.25) is 0 Å².